The van der Waals surface area contributed by atoms with Crippen molar-refractivity contribution in [2.45, 2.75) is 58.4 Å². The van der Waals surface area contributed by atoms with Crippen molar-refractivity contribution in [3.05, 3.63) is 0 Å². The van der Waals surface area contributed by atoms with E-state index in [9.17, 15) is 9.59 Å². The Kier molecular flexibility index (Phi) is 5.99. The molecule has 5 heteroatoms. The number of aliphatic carboxylic acids is 1. The van der Waals surface area contributed by atoms with Gasteiger partial charge in [-0.25, -0.2) is 0 Å². The second-order valence-electron chi connectivity index (χ2n) is 6.54. The molecule has 1 aliphatic carbocycles. The first-order valence-corrected chi connectivity index (χ1v) is 7.54. The summed E-state index contributed by atoms with van der Waals surface area (Å²) in [5.74, 6) is 0.203. The minimum Gasteiger partial charge on any atom is -0.481 e. The molecule has 20 heavy (non-hydrogen) atoms. The molecule has 0 heterocycles. The van der Waals surface area contributed by atoms with Crippen LogP contribution < -0.4 is 11.1 Å². The van der Waals surface area contributed by atoms with Gasteiger partial charge in [0.05, 0.1) is 5.54 Å². The lowest BCUT2D eigenvalue weighted by Gasteiger charge is -2.25. The minimum absolute atomic E-state index is 0.0826. The van der Waals surface area contributed by atoms with Crippen LogP contribution in [0.5, 0.6) is 0 Å². The number of rotatable bonds is 9. The van der Waals surface area contributed by atoms with Crippen molar-refractivity contribution in [3.8, 4) is 0 Å². The van der Waals surface area contributed by atoms with Gasteiger partial charge in [0.1, 0.15) is 0 Å². The lowest BCUT2D eigenvalue weighted by molar-refractivity contribution is -0.137. The average Bonchev–Trinajstić information content (AvgIpc) is 3.16. The lowest BCUT2D eigenvalue weighted by atomic mass is 9.88. The first kappa shape index (κ1) is 17.0. The summed E-state index contributed by atoms with van der Waals surface area (Å²) >= 11 is 0. The summed E-state index contributed by atoms with van der Waals surface area (Å²) in [6.45, 7) is 6.54. The van der Waals surface area contributed by atoms with E-state index in [4.69, 9.17) is 10.8 Å². The van der Waals surface area contributed by atoms with Crippen LogP contribution in [0, 0.1) is 17.8 Å². The zero-order valence-corrected chi connectivity index (χ0v) is 12.8. The quantitative estimate of drug-likeness (QED) is 0.601. The molecule has 0 aromatic rings. The first-order valence-electron chi connectivity index (χ1n) is 7.54. The zero-order chi connectivity index (χ0) is 15.3. The van der Waals surface area contributed by atoms with Gasteiger partial charge < -0.3 is 16.2 Å². The molecule has 0 saturated heterocycles. The van der Waals surface area contributed by atoms with Gasteiger partial charge in [-0.3, -0.25) is 9.59 Å². The average molecular weight is 284 g/mol. The second-order valence-corrected chi connectivity index (χ2v) is 6.54. The Balaban J connectivity index is 2.32. The molecule has 2 atom stereocenters. The SMILES string of the molecule is CC(C)C(CCNC(=O)C(C)(N)C1CC1)CCC(=O)O. The highest BCUT2D eigenvalue weighted by Gasteiger charge is 2.43. The number of hydrogen-bond donors (Lipinski definition) is 3. The fraction of sp³-hybridized carbons (Fsp3) is 0.867. The zero-order valence-electron chi connectivity index (χ0n) is 12.8. The normalized spacial score (nSPS) is 19.4. The van der Waals surface area contributed by atoms with Crippen LogP contribution in [-0.4, -0.2) is 29.1 Å². The molecule has 116 valence electrons. The molecule has 1 rings (SSSR count). The smallest absolute Gasteiger partial charge is 0.303 e. The molecule has 0 aliphatic heterocycles. The van der Waals surface area contributed by atoms with Crippen molar-refractivity contribution in [2.24, 2.45) is 23.5 Å². The number of carbonyl (C=O) groups excluding carboxylic acids is 1. The Bertz CT molecular complexity index is 349. The van der Waals surface area contributed by atoms with Crippen molar-refractivity contribution in [3.63, 3.8) is 0 Å². The Labute approximate surface area is 121 Å². The highest BCUT2D eigenvalue weighted by atomic mass is 16.4. The molecule has 1 aliphatic rings. The van der Waals surface area contributed by atoms with Gasteiger partial charge in [0.25, 0.3) is 0 Å². The number of amides is 1. The number of carbonyl (C=O) groups is 2. The van der Waals surface area contributed by atoms with E-state index in [1.165, 1.54) is 0 Å². The van der Waals surface area contributed by atoms with Gasteiger partial charge in [0, 0.05) is 13.0 Å². The molecule has 0 aromatic carbocycles. The highest BCUT2D eigenvalue weighted by molar-refractivity contribution is 5.86. The molecule has 5 nitrogen and oxygen atoms in total. The third-order valence-electron chi connectivity index (χ3n) is 4.39. The first-order chi connectivity index (χ1) is 9.25. The van der Waals surface area contributed by atoms with Crippen molar-refractivity contribution in [1.29, 1.82) is 0 Å². The van der Waals surface area contributed by atoms with E-state index in [-0.39, 0.29) is 12.3 Å². The summed E-state index contributed by atoms with van der Waals surface area (Å²) in [6.07, 6.45) is 3.72. The van der Waals surface area contributed by atoms with Crippen LogP contribution in [0.3, 0.4) is 0 Å². The molecular weight excluding hydrogens is 256 g/mol. The van der Waals surface area contributed by atoms with Gasteiger partial charge in [-0.15, -0.1) is 0 Å². The predicted octanol–water partition coefficient (Wildman–Crippen LogP) is 1.76. The van der Waals surface area contributed by atoms with Crippen molar-refractivity contribution >= 4 is 11.9 Å². The number of nitrogens with two attached hydrogens (primary N) is 1. The van der Waals surface area contributed by atoms with Crippen molar-refractivity contribution in [1.82, 2.24) is 5.32 Å². The summed E-state index contributed by atoms with van der Waals surface area (Å²) in [5.41, 5.74) is 5.30. The molecule has 0 bridgehead atoms. The maximum atomic E-state index is 12.0. The van der Waals surface area contributed by atoms with Gasteiger partial charge >= 0.3 is 5.97 Å². The second kappa shape index (κ2) is 7.07. The lowest BCUT2D eigenvalue weighted by Crippen LogP contribution is -2.53. The van der Waals surface area contributed by atoms with Crippen LogP contribution in [0.25, 0.3) is 0 Å². The third kappa shape index (κ3) is 5.12. The molecule has 0 radical (unpaired) electrons. The molecule has 0 aromatic heterocycles. The Morgan fingerprint density at radius 1 is 1.35 bits per heavy atom. The van der Waals surface area contributed by atoms with Gasteiger partial charge in [-0.2, -0.15) is 0 Å². The van der Waals surface area contributed by atoms with Crippen molar-refractivity contribution < 1.29 is 14.7 Å². The van der Waals surface area contributed by atoms with Gasteiger partial charge in [0.15, 0.2) is 0 Å². The standard InChI is InChI=1S/C15H28N2O3/c1-10(2)11(4-7-13(18)19)8-9-17-14(20)15(3,16)12-5-6-12/h10-12H,4-9,16H2,1-3H3,(H,17,20)(H,18,19). The molecule has 0 spiro atoms. The Morgan fingerprint density at radius 3 is 2.40 bits per heavy atom. The largest absolute Gasteiger partial charge is 0.481 e. The molecule has 2 unspecified atom stereocenters. The molecule has 1 amide bonds. The van der Waals surface area contributed by atoms with E-state index in [1.807, 2.05) is 0 Å². The Morgan fingerprint density at radius 2 is 1.95 bits per heavy atom. The number of hydrogen-bond acceptors (Lipinski definition) is 3. The molecular formula is C15H28N2O3. The summed E-state index contributed by atoms with van der Waals surface area (Å²) in [7, 11) is 0. The summed E-state index contributed by atoms with van der Waals surface area (Å²) < 4.78 is 0. The van der Waals surface area contributed by atoms with Crippen LogP contribution in [0.2, 0.25) is 0 Å². The summed E-state index contributed by atoms with van der Waals surface area (Å²) in [4.78, 5) is 22.7. The van der Waals surface area contributed by atoms with Crippen LogP contribution in [0.1, 0.15) is 52.9 Å². The maximum Gasteiger partial charge on any atom is 0.303 e. The van der Waals surface area contributed by atoms with E-state index in [1.54, 1.807) is 6.92 Å². The molecule has 1 fully saturated rings. The van der Waals surface area contributed by atoms with Crippen LogP contribution in [-0.2, 0) is 9.59 Å². The number of carboxylic acid groups (broad SMARTS) is 1. The van der Waals surface area contributed by atoms with Gasteiger partial charge in [0.2, 0.25) is 5.91 Å². The summed E-state index contributed by atoms with van der Waals surface area (Å²) in [6, 6.07) is 0. The number of carboxylic acids is 1. The molecule has 4 N–H and O–H groups in total. The van der Waals surface area contributed by atoms with Gasteiger partial charge in [-0.05, 0) is 50.4 Å². The minimum atomic E-state index is -0.761. The van der Waals surface area contributed by atoms with E-state index in [2.05, 4.69) is 19.2 Å². The van der Waals surface area contributed by atoms with E-state index < -0.39 is 11.5 Å². The van der Waals surface area contributed by atoms with Crippen LogP contribution in [0.15, 0.2) is 0 Å². The van der Waals surface area contributed by atoms with Gasteiger partial charge in [-0.1, -0.05) is 13.8 Å². The van der Waals surface area contributed by atoms with E-state index in [0.29, 0.717) is 30.7 Å². The van der Waals surface area contributed by atoms with Crippen LogP contribution >= 0.6 is 0 Å². The topological polar surface area (TPSA) is 92.4 Å². The van der Waals surface area contributed by atoms with E-state index in [0.717, 1.165) is 19.3 Å². The monoisotopic (exact) mass is 284 g/mol. The number of nitrogens with one attached hydrogen (secondary N) is 1. The molecule has 1 saturated carbocycles. The fourth-order valence-electron chi connectivity index (χ4n) is 2.55. The summed E-state index contributed by atoms with van der Waals surface area (Å²) in [5, 5.41) is 11.7. The van der Waals surface area contributed by atoms with E-state index >= 15 is 0 Å². The fourth-order valence-corrected chi connectivity index (χ4v) is 2.55. The predicted molar refractivity (Wildman–Crippen MR) is 78.1 cm³/mol. The third-order valence-corrected chi connectivity index (χ3v) is 4.39. The van der Waals surface area contributed by atoms with Crippen molar-refractivity contribution in [2.75, 3.05) is 6.54 Å². The maximum absolute atomic E-state index is 12.0. The highest BCUT2D eigenvalue weighted by Crippen LogP contribution is 2.38. The Hall–Kier alpha value is -1.10. The van der Waals surface area contributed by atoms with Crippen LogP contribution in [0.4, 0.5) is 0 Å².